The van der Waals surface area contributed by atoms with Gasteiger partial charge in [-0.3, -0.25) is 4.68 Å². The zero-order valence-electron chi connectivity index (χ0n) is 10.7. The van der Waals surface area contributed by atoms with Crippen LogP contribution in [-0.2, 0) is 20.0 Å². The van der Waals surface area contributed by atoms with Crippen LogP contribution in [0.4, 0.5) is 0 Å². The Labute approximate surface area is 110 Å². The Morgan fingerprint density at radius 2 is 2.21 bits per heavy atom. The van der Waals surface area contributed by atoms with Crippen molar-refractivity contribution in [3.8, 4) is 0 Å². The molecule has 0 aliphatic carbocycles. The largest absolute Gasteiger partial charge is 0.340 e. The van der Waals surface area contributed by atoms with Gasteiger partial charge in [0.1, 0.15) is 0 Å². The highest BCUT2D eigenvalue weighted by atomic mass is 16.5. The molecular weight excluding hydrogens is 242 g/mol. The standard InChI is InChI=1S/C13H15N5O/c1-18-12-5-3-2-4-10(12)11(17-18)8-14-7-6-13-15-9-16-19-13/h2-5,9,14H,6-8H2,1H3. The van der Waals surface area contributed by atoms with Crippen molar-refractivity contribution >= 4 is 10.9 Å². The lowest BCUT2D eigenvalue weighted by molar-refractivity contribution is 0.374. The highest BCUT2D eigenvalue weighted by Crippen LogP contribution is 2.16. The number of nitrogens with one attached hydrogen (secondary N) is 1. The molecular formula is C13H15N5O. The molecule has 1 aromatic carbocycles. The second-order valence-corrected chi connectivity index (χ2v) is 4.35. The molecule has 0 saturated carbocycles. The third-order valence-electron chi connectivity index (χ3n) is 3.05. The SMILES string of the molecule is Cn1nc(CNCCc2ncno2)c2ccccc21. The number of hydrogen-bond acceptors (Lipinski definition) is 5. The molecule has 0 fully saturated rings. The molecule has 1 N–H and O–H groups in total. The number of nitrogens with zero attached hydrogens (tertiary/aromatic N) is 4. The fourth-order valence-electron chi connectivity index (χ4n) is 2.13. The third-order valence-corrected chi connectivity index (χ3v) is 3.05. The van der Waals surface area contributed by atoms with E-state index in [9.17, 15) is 0 Å². The lowest BCUT2D eigenvalue weighted by Crippen LogP contribution is -2.17. The van der Waals surface area contributed by atoms with Crippen molar-refractivity contribution < 1.29 is 4.52 Å². The summed E-state index contributed by atoms with van der Waals surface area (Å²) in [4.78, 5) is 3.98. The van der Waals surface area contributed by atoms with Gasteiger partial charge in [0.25, 0.3) is 0 Å². The van der Waals surface area contributed by atoms with Crippen molar-refractivity contribution in [2.24, 2.45) is 7.05 Å². The van der Waals surface area contributed by atoms with Crippen LogP contribution < -0.4 is 5.32 Å². The quantitative estimate of drug-likeness (QED) is 0.697. The van der Waals surface area contributed by atoms with E-state index in [1.54, 1.807) is 0 Å². The van der Waals surface area contributed by atoms with Gasteiger partial charge in [-0.1, -0.05) is 23.4 Å². The molecule has 98 valence electrons. The lowest BCUT2D eigenvalue weighted by Gasteiger charge is -2.00. The van der Waals surface area contributed by atoms with Gasteiger partial charge in [-0.2, -0.15) is 10.1 Å². The number of fused-ring (bicyclic) bond motifs is 1. The number of hydrogen-bond donors (Lipinski definition) is 1. The summed E-state index contributed by atoms with van der Waals surface area (Å²) >= 11 is 0. The summed E-state index contributed by atoms with van der Waals surface area (Å²) < 4.78 is 6.85. The monoisotopic (exact) mass is 257 g/mol. The minimum absolute atomic E-state index is 0.651. The van der Waals surface area contributed by atoms with Crippen LogP contribution in [0.5, 0.6) is 0 Å². The van der Waals surface area contributed by atoms with Gasteiger partial charge >= 0.3 is 0 Å². The summed E-state index contributed by atoms with van der Waals surface area (Å²) in [7, 11) is 1.96. The van der Waals surface area contributed by atoms with Crippen molar-refractivity contribution in [2.45, 2.75) is 13.0 Å². The molecule has 0 aliphatic rings. The lowest BCUT2D eigenvalue weighted by atomic mass is 10.2. The van der Waals surface area contributed by atoms with E-state index in [1.165, 1.54) is 11.7 Å². The van der Waals surface area contributed by atoms with Crippen molar-refractivity contribution in [1.29, 1.82) is 0 Å². The Kier molecular flexibility index (Phi) is 3.24. The molecule has 2 aromatic heterocycles. The fourth-order valence-corrected chi connectivity index (χ4v) is 2.13. The maximum Gasteiger partial charge on any atom is 0.227 e. The Balaban J connectivity index is 1.62. The van der Waals surface area contributed by atoms with E-state index in [0.29, 0.717) is 5.89 Å². The molecule has 3 rings (SSSR count). The minimum Gasteiger partial charge on any atom is -0.340 e. The molecule has 0 amide bonds. The van der Waals surface area contributed by atoms with Gasteiger partial charge in [0, 0.05) is 31.9 Å². The average molecular weight is 257 g/mol. The zero-order chi connectivity index (χ0) is 13.1. The average Bonchev–Trinajstić information content (AvgIpc) is 3.04. The minimum atomic E-state index is 0.651. The highest BCUT2D eigenvalue weighted by Gasteiger charge is 2.07. The number of aromatic nitrogens is 4. The number of aryl methyl sites for hydroxylation is 1. The van der Waals surface area contributed by atoms with E-state index in [4.69, 9.17) is 4.52 Å². The first-order valence-corrected chi connectivity index (χ1v) is 6.21. The molecule has 0 aliphatic heterocycles. The molecule has 3 aromatic rings. The van der Waals surface area contributed by atoms with Gasteiger partial charge in [-0.25, -0.2) is 0 Å². The van der Waals surface area contributed by atoms with E-state index in [1.807, 2.05) is 23.9 Å². The van der Waals surface area contributed by atoms with Gasteiger partial charge in [0.2, 0.25) is 5.89 Å². The van der Waals surface area contributed by atoms with Crippen LogP contribution in [0.3, 0.4) is 0 Å². The first-order chi connectivity index (χ1) is 9.34. The molecule has 0 unspecified atom stereocenters. The number of rotatable bonds is 5. The predicted octanol–water partition coefficient (Wildman–Crippen LogP) is 1.29. The molecule has 0 atom stereocenters. The highest BCUT2D eigenvalue weighted by molar-refractivity contribution is 5.81. The molecule has 0 saturated heterocycles. The molecule has 19 heavy (non-hydrogen) atoms. The van der Waals surface area contributed by atoms with Crippen LogP contribution in [-0.4, -0.2) is 26.5 Å². The first kappa shape index (κ1) is 11.9. The Bertz CT molecular complexity index is 659. The molecule has 6 heteroatoms. The van der Waals surface area contributed by atoms with E-state index in [-0.39, 0.29) is 0 Å². The summed E-state index contributed by atoms with van der Waals surface area (Å²) in [6.07, 6.45) is 2.15. The summed E-state index contributed by atoms with van der Waals surface area (Å²) in [6, 6.07) is 8.23. The maximum absolute atomic E-state index is 4.94. The van der Waals surface area contributed by atoms with Crippen LogP contribution in [0.15, 0.2) is 35.1 Å². The fraction of sp³-hybridized carbons (Fsp3) is 0.308. The molecule has 0 radical (unpaired) electrons. The van der Waals surface area contributed by atoms with Crippen molar-refractivity contribution in [1.82, 2.24) is 25.2 Å². The normalized spacial score (nSPS) is 11.2. The third kappa shape index (κ3) is 2.48. The molecule has 2 heterocycles. The van der Waals surface area contributed by atoms with Gasteiger partial charge in [0.15, 0.2) is 6.33 Å². The Morgan fingerprint density at radius 3 is 3.05 bits per heavy atom. The smallest absolute Gasteiger partial charge is 0.227 e. The number of para-hydroxylation sites is 1. The van der Waals surface area contributed by atoms with Gasteiger partial charge in [-0.15, -0.1) is 0 Å². The van der Waals surface area contributed by atoms with E-state index in [2.05, 4.69) is 32.7 Å². The van der Waals surface area contributed by atoms with E-state index < -0.39 is 0 Å². The van der Waals surface area contributed by atoms with Crippen molar-refractivity contribution in [3.05, 3.63) is 42.2 Å². The first-order valence-electron chi connectivity index (χ1n) is 6.21. The molecule has 0 bridgehead atoms. The predicted molar refractivity (Wildman–Crippen MR) is 70.4 cm³/mol. The Morgan fingerprint density at radius 1 is 1.32 bits per heavy atom. The summed E-state index contributed by atoms with van der Waals surface area (Å²) in [5, 5.41) is 12.6. The second kappa shape index (κ2) is 5.19. The summed E-state index contributed by atoms with van der Waals surface area (Å²) in [5.41, 5.74) is 2.21. The summed E-state index contributed by atoms with van der Waals surface area (Å²) in [6.45, 7) is 1.52. The summed E-state index contributed by atoms with van der Waals surface area (Å²) in [5.74, 6) is 0.651. The van der Waals surface area contributed by atoms with Crippen LogP contribution in [0.25, 0.3) is 10.9 Å². The Hall–Kier alpha value is -2.21. The van der Waals surface area contributed by atoms with Gasteiger partial charge in [-0.05, 0) is 6.07 Å². The molecule has 6 nitrogen and oxygen atoms in total. The second-order valence-electron chi connectivity index (χ2n) is 4.35. The van der Waals surface area contributed by atoms with Crippen LogP contribution in [0.2, 0.25) is 0 Å². The van der Waals surface area contributed by atoms with Crippen LogP contribution in [0, 0.1) is 0 Å². The van der Waals surface area contributed by atoms with Crippen molar-refractivity contribution in [3.63, 3.8) is 0 Å². The van der Waals surface area contributed by atoms with Crippen LogP contribution in [0.1, 0.15) is 11.6 Å². The van der Waals surface area contributed by atoms with E-state index in [0.717, 1.165) is 30.7 Å². The topological polar surface area (TPSA) is 68.8 Å². The molecule has 0 spiro atoms. The maximum atomic E-state index is 4.94. The van der Waals surface area contributed by atoms with Gasteiger partial charge in [0.05, 0.1) is 11.2 Å². The zero-order valence-corrected chi connectivity index (χ0v) is 10.7. The van der Waals surface area contributed by atoms with Crippen molar-refractivity contribution in [2.75, 3.05) is 6.54 Å². The van der Waals surface area contributed by atoms with Gasteiger partial charge < -0.3 is 9.84 Å². The van der Waals surface area contributed by atoms with E-state index >= 15 is 0 Å². The number of benzene rings is 1. The van der Waals surface area contributed by atoms with Crippen LogP contribution >= 0.6 is 0 Å².